The summed E-state index contributed by atoms with van der Waals surface area (Å²) < 4.78 is 6.57. The van der Waals surface area contributed by atoms with E-state index in [4.69, 9.17) is 4.42 Å². The smallest absolute Gasteiger partial charge is 0.269 e. The van der Waals surface area contributed by atoms with Crippen LogP contribution in [-0.4, -0.2) is 4.92 Å². The maximum Gasteiger partial charge on any atom is 0.269 e. The second-order valence-electron chi connectivity index (χ2n) is 8.22. The van der Waals surface area contributed by atoms with Crippen molar-refractivity contribution in [2.45, 2.75) is 12.8 Å². The molecule has 4 aromatic carbocycles. The number of non-ortho nitro benzene ring substituents is 1. The van der Waals surface area contributed by atoms with Gasteiger partial charge >= 0.3 is 0 Å². The summed E-state index contributed by atoms with van der Waals surface area (Å²) in [7, 11) is 0. The quantitative estimate of drug-likeness (QED) is 0.196. The lowest BCUT2D eigenvalue weighted by Gasteiger charge is -2.20. The van der Waals surface area contributed by atoms with Crippen LogP contribution >= 0.6 is 0 Å². The van der Waals surface area contributed by atoms with Crippen molar-refractivity contribution in [2.75, 3.05) is 0 Å². The van der Waals surface area contributed by atoms with Crippen LogP contribution in [0.3, 0.4) is 0 Å². The highest BCUT2D eigenvalue weighted by molar-refractivity contribution is 5.75. The molecule has 0 amide bonds. The van der Waals surface area contributed by atoms with Crippen molar-refractivity contribution in [3.63, 3.8) is 0 Å². The molecule has 1 aromatic heterocycles. The average Bonchev–Trinajstić information content (AvgIpc) is 3.23. The standard InChI is InChI=1S/C30H23NO3/c1-21-27(28(22-11-5-2-6-12-22)23-13-7-3-8-14-23)30(25-17-19-26(20-18-25)31(32)33)34-29(21)24-15-9-4-10-16-24/h2-20,28H,1H3. The summed E-state index contributed by atoms with van der Waals surface area (Å²) in [5.41, 5.74) is 6.28. The van der Waals surface area contributed by atoms with E-state index in [0.717, 1.165) is 44.9 Å². The largest absolute Gasteiger partial charge is 0.455 e. The Balaban J connectivity index is 1.78. The van der Waals surface area contributed by atoms with Gasteiger partial charge in [-0.05, 0) is 30.2 Å². The minimum atomic E-state index is -0.385. The summed E-state index contributed by atoms with van der Waals surface area (Å²) in [5.74, 6) is 1.47. The molecule has 0 atom stereocenters. The number of rotatable bonds is 6. The van der Waals surface area contributed by atoms with Gasteiger partial charge in [0, 0.05) is 40.3 Å². The minimum absolute atomic E-state index is 0.0551. The number of nitrogens with zero attached hydrogens (tertiary/aromatic N) is 1. The van der Waals surface area contributed by atoms with Gasteiger partial charge in [0.15, 0.2) is 0 Å². The second kappa shape index (κ2) is 9.20. The second-order valence-corrected chi connectivity index (χ2v) is 8.22. The fourth-order valence-electron chi connectivity index (χ4n) is 4.50. The number of hydrogen-bond acceptors (Lipinski definition) is 3. The average molecular weight is 446 g/mol. The van der Waals surface area contributed by atoms with Crippen LogP contribution in [-0.2, 0) is 0 Å². The zero-order chi connectivity index (χ0) is 23.5. The highest BCUT2D eigenvalue weighted by atomic mass is 16.6. The number of benzene rings is 4. The summed E-state index contributed by atoms with van der Waals surface area (Å²) in [6.45, 7) is 2.09. The lowest BCUT2D eigenvalue weighted by molar-refractivity contribution is -0.384. The normalized spacial score (nSPS) is 11.0. The summed E-state index contributed by atoms with van der Waals surface area (Å²) in [6.07, 6.45) is 0. The third-order valence-corrected chi connectivity index (χ3v) is 6.12. The third-order valence-electron chi connectivity index (χ3n) is 6.12. The first-order valence-corrected chi connectivity index (χ1v) is 11.2. The summed E-state index contributed by atoms with van der Waals surface area (Å²) in [4.78, 5) is 10.8. The topological polar surface area (TPSA) is 56.3 Å². The van der Waals surface area contributed by atoms with Gasteiger partial charge in [0.05, 0.1) is 4.92 Å². The van der Waals surface area contributed by atoms with Gasteiger partial charge in [-0.25, -0.2) is 0 Å². The van der Waals surface area contributed by atoms with Gasteiger partial charge in [0.2, 0.25) is 0 Å². The third kappa shape index (κ3) is 4.02. The molecule has 0 fully saturated rings. The van der Waals surface area contributed by atoms with E-state index in [1.54, 1.807) is 12.1 Å². The van der Waals surface area contributed by atoms with Crippen molar-refractivity contribution in [2.24, 2.45) is 0 Å². The van der Waals surface area contributed by atoms with Crippen LogP contribution in [0.4, 0.5) is 5.69 Å². The lowest BCUT2D eigenvalue weighted by atomic mass is 9.82. The predicted octanol–water partition coefficient (Wildman–Crippen LogP) is 8.01. The van der Waals surface area contributed by atoms with E-state index in [2.05, 4.69) is 31.2 Å². The summed E-state index contributed by atoms with van der Waals surface area (Å²) in [5, 5.41) is 11.2. The molecule has 0 saturated heterocycles. The van der Waals surface area contributed by atoms with Crippen molar-refractivity contribution in [3.8, 4) is 22.6 Å². The van der Waals surface area contributed by atoms with Crippen LogP contribution in [0.25, 0.3) is 22.6 Å². The zero-order valence-corrected chi connectivity index (χ0v) is 18.7. The van der Waals surface area contributed by atoms with Gasteiger partial charge in [-0.3, -0.25) is 10.1 Å². The molecular formula is C30H23NO3. The van der Waals surface area contributed by atoms with Gasteiger partial charge < -0.3 is 4.42 Å². The van der Waals surface area contributed by atoms with E-state index < -0.39 is 0 Å². The van der Waals surface area contributed by atoms with Crippen LogP contribution in [0.1, 0.15) is 28.2 Å². The molecule has 0 aliphatic rings. The molecule has 34 heavy (non-hydrogen) atoms. The van der Waals surface area contributed by atoms with Gasteiger partial charge in [-0.15, -0.1) is 0 Å². The fraction of sp³-hybridized carbons (Fsp3) is 0.0667. The van der Waals surface area contributed by atoms with E-state index in [1.807, 2.05) is 66.7 Å². The number of furan rings is 1. The molecule has 0 N–H and O–H groups in total. The van der Waals surface area contributed by atoms with E-state index in [1.165, 1.54) is 12.1 Å². The lowest BCUT2D eigenvalue weighted by Crippen LogP contribution is -2.05. The first kappa shape index (κ1) is 21.4. The molecule has 5 aromatic rings. The monoisotopic (exact) mass is 445 g/mol. The van der Waals surface area contributed by atoms with Gasteiger partial charge in [-0.2, -0.15) is 0 Å². The Hall–Kier alpha value is -4.44. The molecule has 0 radical (unpaired) electrons. The zero-order valence-electron chi connectivity index (χ0n) is 18.7. The molecule has 5 rings (SSSR count). The molecule has 0 spiro atoms. The molecule has 4 heteroatoms. The van der Waals surface area contributed by atoms with Gasteiger partial charge in [0.1, 0.15) is 11.5 Å². The highest BCUT2D eigenvalue weighted by Gasteiger charge is 2.28. The fourth-order valence-corrected chi connectivity index (χ4v) is 4.50. The number of nitro benzene ring substituents is 1. The Morgan fingerprint density at radius 1 is 0.647 bits per heavy atom. The predicted molar refractivity (Wildman–Crippen MR) is 135 cm³/mol. The first-order chi connectivity index (χ1) is 16.6. The maximum atomic E-state index is 11.2. The van der Waals surface area contributed by atoms with Crippen molar-refractivity contribution in [3.05, 3.63) is 148 Å². The maximum absolute atomic E-state index is 11.2. The van der Waals surface area contributed by atoms with Crippen molar-refractivity contribution in [1.29, 1.82) is 0 Å². The van der Waals surface area contributed by atoms with Crippen LogP contribution in [0.15, 0.2) is 120 Å². The molecule has 0 saturated carbocycles. The van der Waals surface area contributed by atoms with Gasteiger partial charge in [0.25, 0.3) is 5.69 Å². The molecule has 166 valence electrons. The molecule has 0 aliphatic carbocycles. The Morgan fingerprint density at radius 3 is 1.62 bits per heavy atom. The molecule has 0 bridgehead atoms. The molecule has 0 unspecified atom stereocenters. The van der Waals surface area contributed by atoms with Crippen LogP contribution < -0.4 is 0 Å². The van der Waals surface area contributed by atoms with Crippen molar-refractivity contribution >= 4 is 5.69 Å². The Morgan fingerprint density at radius 2 is 1.12 bits per heavy atom. The molecule has 1 heterocycles. The molecule has 4 nitrogen and oxygen atoms in total. The van der Waals surface area contributed by atoms with Crippen LogP contribution in [0, 0.1) is 17.0 Å². The summed E-state index contributed by atoms with van der Waals surface area (Å²) in [6, 6.07) is 37.4. The summed E-state index contributed by atoms with van der Waals surface area (Å²) >= 11 is 0. The first-order valence-electron chi connectivity index (χ1n) is 11.2. The Bertz CT molecular complexity index is 1370. The molecule has 0 aliphatic heterocycles. The van der Waals surface area contributed by atoms with E-state index in [0.29, 0.717) is 0 Å². The van der Waals surface area contributed by atoms with E-state index in [-0.39, 0.29) is 16.5 Å². The Labute approximate surface area is 198 Å². The minimum Gasteiger partial charge on any atom is -0.455 e. The van der Waals surface area contributed by atoms with Crippen LogP contribution in [0.5, 0.6) is 0 Å². The van der Waals surface area contributed by atoms with E-state index >= 15 is 0 Å². The van der Waals surface area contributed by atoms with Gasteiger partial charge in [-0.1, -0.05) is 91.0 Å². The SMILES string of the molecule is Cc1c(-c2ccccc2)oc(-c2ccc([N+](=O)[O-])cc2)c1C(c1ccccc1)c1ccccc1. The Kier molecular flexibility index (Phi) is 5.79. The molecular weight excluding hydrogens is 422 g/mol. The highest BCUT2D eigenvalue weighted by Crippen LogP contribution is 2.45. The van der Waals surface area contributed by atoms with E-state index in [9.17, 15) is 10.1 Å². The van der Waals surface area contributed by atoms with Crippen LogP contribution in [0.2, 0.25) is 0 Å². The number of hydrogen-bond donors (Lipinski definition) is 0. The van der Waals surface area contributed by atoms with Crippen molar-refractivity contribution < 1.29 is 9.34 Å². The van der Waals surface area contributed by atoms with Crippen molar-refractivity contribution in [1.82, 2.24) is 0 Å². The number of nitro groups is 1.